The molecule has 0 saturated carbocycles. The first-order valence-corrected chi connectivity index (χ1v) is 7.51. The maximum absolute atomic E-state index is 13.0. The summed E-state index contributed by atoms with van der Waals surface area (Å²) in [7, 11) is 4.59. The number of rotatable bonds is 4. The van der Waals surface area contributed by atoms with Crippen molar-refractivity contribution < 1.29 is 19.0 Å². The fourth-order valence-corrected chi connectivity index (χ4v) is 2.78. The Morgan fingerprint density at radius 3 is 2.17 bits per heavy atom. The lowest BCUT2D eigenvalue weighted by Crippen LogP contribution is -2.11. The average molecular weight is 325 g/mol. The number of hydrogen-bond donors (Lipinski definition) is 0. The van der Waals surface area contributed by atoms with Crippen molar-refractivity contribution in [1.82, 2.24) is 4.57 Å². The number of nitrogens with zero attached hydrogens (tertiary/aromatic N) is 1. The van der Waals surface area contributed by atoms with Crippen molar-refractivity contribution in [2.45, 2.75) is 6.92 Å². The topological polar surface area (TPSA) is 49.7 Å². The normalized spacial score (nSPS) is 10.7. The van der Waals surface area contributed by atoms with E-state index in [1.165, 1.54) is 21.3 Å². The van der Waals surface area contributed by atoms with E-state index < -0.39 is 0 Å². The SMILES string of the molecule is COc1cc(C(=O)n2ccc3cc(C)ccc32)cc(OC)c1OC. The van der Waals surface area contributed by atoms with Crippen LogP contribution in [-0.2, 0) is 0 Å². The molecule has 1 heterocycles. The Bertz CT molecular complexity index is 886. The smallest absolute Gasteiger partial charge is 0.262 e. The van der Waals surface area contributed by atoms with Gasteiger partial charge >= 0.3 is 0 Å². The van der Waals surface area contributed by atoms with Crippen molar-refractivity contribution in [3.05, 3.63) is 53.7 Å². The second-order valence-corrected chi connectivity index (χ2v) is 5.47. The van der Waals surface area contributed by atoms with Crippen molar-refractivity contribution in [2.75, 3.05) is 21.3 Å². The zero-order valence-electron chi connectivity index (χ0n) is 14.1. The van der Waals surface area contributed by atoms with Gasteiger partial charge in [0.25, 0.3) is 5.91 Å². The van der Waals surface area contributed by atoms with E-state index in [9.17, 15) is 4.79 Å². The maximum atomic E-state index is 13.0. The fraction of sp³-hybridized carbons (Fsp3) is 0.211. The van der Waals surface area contributed by atoms with Crippen LogP contribution in [-0.4, -0.2) is 31.8 Å². The Labute approximate surface area is 140 Å². The molecule has 0 bridgehead atoms. The van der Waals surface area contributed by atoms with Gasteiger partial charge in [-0.05, 0) is 37.3 Å². The van der Waals surface area contributed by atoms with Crippen LogP contribution in [0.4, 0.5) is 0 Å². The predicted octanol–water partition coefficient (Wildman–Crippen LogP) is 3.66. The van der Waals surface area contributed by atoms with Crippen LogP contribution >= 0.6 is 0 Å². The molecule has 0 atom stereocenters. The van der Waals surface area contributed by atoms with E-state index in [0.29, 0.717) is 22.8 Å². The minimum absolute atomic E-state index is 0.159. The highest BCUT2D eigenvalue weighted by atomic mass is 16.5. The molecule has 0 aliphatic heterocycles. The number of aromatic nitrogens is 1. The molecule has 5 heteroatoms. The summed E-state index contributed by atoms with van der Waals surface area (Å²) in [5, 5.41) is 1.02. The Hall–Kier alpha value is -2.95. The van der Waals surface area contributed by atoms with Gasteiger partial charge in [-0.15, -0.1) is 0 Å². The summed E-state index contributed by atoms with van der Waals surface area (Å²) in [4.78, 5) is 13.0. The van der Waals surface area contributed by atoms with Crippen molar-refractivity contribution in [3.63, 3.8) is 0 Å². The lowest BCUT2D eigenvalue weighted by atomic mass is 10.1. The minimum atomic E-state index is -0.159. The lowest BCUT2D eigenvalue weighted by molar-refractivity contribution is 0.0964. The first-order chi connectivity index (χ1) is 11.6. The van der Waals surface area contributed by atoms with Crippen molar-refractivity contribution in [1.29, 1.82) is 0 Å². The summed E-state index contributed by atoms with van der Waals surface area (Å²) in [5.41, 5.74) is 2.47. The van der Waals surface area contributed by atoms with Crippen LogP contribution in [0.2, 0.25) is 0 Å². The summed E-state index contributed by atoms with van der Waals surface area (Å²) in [5.74, 6) is 1.21. The molecule has 0 radical (unpaired) electrons. The highest BCUT2D eigenvalue weighted by Crippen LogP contribution is 2.38. The van der Waals surface area contributed by atoms with Crippen LogP contribution in [0.5, 0.6) is 17.2 Å². The molecule has 2 aromatic carbocycles. The molecular weight excluding hydrogens is 306 g/mol. The van der Waals surface area contributed by atoms with E-state index in [1.54, 1.807) is 22.9 Å². The molecule has 0 aliphatic carbocycles. The third-order valence-corrected chi connectivity index (χ3v) is 3.98. The van der Waals surface area contributed by atoms with E-state index in [1.807, 2.05) is 31.2 Å². The number of benzene rings is 2. The van der Waals surface area contributed by atoms with Gasteiger partial charge in [-0.3, -0.25) is 9.36 Å². The molecule has 1 aromatic heterocycles. The summed E-state index contributed by atoms with van der Waals surface area (Å²) < 4.78 is 17.6. The van der Waals surface area contributed by atoms with E-state index in [0.717, 1.165) is 16.5 Å². The number of fused-ring (bicyclic) bond motifs is 1. The molecule has 0 amide bonds. The van der Waals surface area contributed by atoms with Crippen molar-refractivity contribution in [3.8, 4) is 17.2 Å². The number of carbonyl (C=O) groups excluding carboxylic acids is 1. The number of ether oxygens (including phenoxy) is 3. The van der Waals surface area contributed by atoms with Gasteiger partial charge in [-0.1, -0.05) is 11.6 Å². The standard InChI is InChI=1S/C19H19NO4/c1-12-5-6-15-13(9-12)7-8-20(15)19(21)14-10-16(22-2)18(24-4)17(11-14)23-3/h5-11H,1-4H3. The first kappa shape index (κ1) is 15.9. The largest absolute Gasteiger partial charge is 0.493 e. The number of methoxy groups -OCH3 is 3. The van der Waals surface area contributed by atoms with Crippen LogP contribution < -0.4 is 14.2 Å². The zero-order chi connectivity index (χ0) is 17.3. The molecular formula is C19H19NO4. The van der Waals surface area contributed by atoms with E-state index in [2.05, 4.69) is 0 Å². The van der Waals surface area contributed by atoms with Crippen molar-refractivity contribution in [2.24, 2.45) is 0 Å². The number of aryl methyl sites for hydroxylation is 1. The second kappa shape index (κ2) is 6.28. The summed E-state index contributed by atoms with van der Waals surface area (Å²) in [6.07, 6.45) is 1.77. The Morgan fingerprint density at radius 1 is 0.917 bits per heavy atom. The van der Waals surface area contributed by atoms with Gasteiger partial charge in [0.1, 0.15) is 0 Å². The molecule has 0 unspecified atom stereocenters. The van der Waals surface area contributed by atoms with E-state index in [-0.39, 0.29) is 5.91 Å². The van der Waals surface area contributed by atoms with Gasteiger partial charge in [-0.25, -0.2) is 0 Å². The molecule has 0 fully saturated rings. The van der Waals surface area contributed by atoms with Gasteiger partial charge < -0.3 is 14.2 Å². The molecule has 124 valence electrons. The summed E-state index contributed by atoms with van der Waals surface area (Å²) in [6, 6.07) is 11.2. The molecule has 0 saturated heterocycles. The quantitative estimate of drug-likeness (QED) is 0.734. The van der Waals surface area contributed by atoms with Gasteiger partial charge in [0.05, 0.1) is 26.8 Å². The molecule has 3 aromatic rings. The second-order valence-electron chi connectivity index (χ2n) is 5.47. The zero-order valence-corrected chi connectivity index (χ0v) is 14.1. The van der Waals surface area contributed by atoms with Crippen LogP contribution in [0.15, 0.2) is 42.6 Å². The molecule has 5 nitrogen and oxygen atoms in total. The van der Waals surface area contributed by atoms with E-state index >= 15 is 0 Å². The number of carbonyl (C=O) groups is 1. The van der Waals surface area contributed by atoms with Crippen LogP contribution in [0.1, 0.15) is 15.9 Å². The third-order valence-electron chi connectivity index (χ3n) is 3.98. The summed E-state index contributed by atoms with van der Waals surface area (Å²) >= 11 is 0. The minimum Gasteiger partial charge on any atom is -0.493 e. The third kappa shape index (κ3) is 2.58. The average Bonchev–Trinajstić information content (AvgIpc) is 3.02. The monoisotopic (exact) mass is 325 g/mol. The lowest BCUT2D eigenvalue weighted by Gasteiger charge is -2.14. The Balaban J connectivity index is 2.12. The molecule has 0 spiro atoms. The van der Waals surface area contributed by atoms with Crippen molar-refractivity contribution >= 4 is 16.8 Å². The Morgan fingerprint density at radius 2 is 1.58 bits per heavy atom. The summed E-state index contributed by atoms with van der Waals surface area (Å²) in [6.45, 7) is 2.03. The van der Waals surface area contributed by atoms with Crippen LogP contribution in [0.3, 0.4) is 0 Å². The molecule has 3 rings (SSSR count). The molecule has 0 N–H and O–H groups in total. The van der Waals surface area contributed by atoms with Crippen LogP contribution in [0, 0.1) is 6.92 Å². The fourth-order valence-electron chi connectivity index (χ4n) is 2.78. The van der Waals surface area contributed by atoms with Crippen LogP contribution in [0.25, 0.3) is 10.9 Å². The van der Waals surface area contributed by atoms with E-state index in [4.69, 9.17) is 14.2 Å². The predicted molar refractivity (Wildman–Crippen MR) is 92.5 cm³/mol. The highest BCUT2D eigenvalue weighted by Gasteiger charge is 2.19. The molecule has 24 heavy (non-hydrogen) atoms. The van der Waals surface area contributed by atoms with Gasteiger partial charge in [0.15, 0.2) is 11.5 Å². The first-order valence-electron chi connectivity index (χ1n) is 7.51. The maximum Gasteiger partial charge on any atom is 0.262 e. The van der Waals surface area contributed by atoms with Gasteiger partial charge in [0.2, 0.25) is 5.75 Å². The van der Waals surface area contributed by atoms with Gasteiger partial charge in [0, 0.05) is 17.1 Å². The molecule has 0 aliphatic rings. The number of hydrogen-bond acceptors (Lipinski definition) is 4. The Kier molecular flexibility index (Phi) is 4.16. The van der Waals surface area contributed by atoms with Gasteiger partial charge in [-0.2, -0.15) is 0 Å². The highest BCUT2D eigenvalue weighted by molar-refractivity contribution is 6.03.